The minimum atomic E-state index is -0.845. The average Bonchev–Trinajstić information content (AvgIpc) is 2.34. The third-order valence-electron chi connectivity index (χ3n) is 14.1. The lowest BCUT2D eigenvalue weighted by Crippen LogP contribution is -2.49. The predicted molar refractivity (Wildman–Crippen MR) is 338 cm³/mol. The molecule has 0 spiro atoms. The molecule has 4 amide bonds. The minimum absolute atomic E-state index is 0.103. The van der Waals surface area contributed by atoms with Gasteiger partial charge >= 0.3 is 0 Å². The quantitative estimate of drug-likeness (QED) is 0.0197. The van der Waals surface area contributed by atoms with E-state index in [4.69, 9.17) is 28.4 Å². The van der Waals surface area contributed by atoms with E-state index in [1.54, 1.807) is 46.4 Å². The van der Waals surface area contributed by atoms with Crippen LogP contribution in [0.3, 0.4) is 0 Å². The van der Waals surface area contributed by atoms with Gasteiger partial charge in [-0.15, -0.1) is 16.4 Å². The van der Waals surface area contributed by atoms with Gasteiger partial charge in [0, 0.05) is 75.9 Å². The fourth-order valence-corrected chi connectivity index (χ4v) is 9.75. The summed E-state index contributed by atoms with van der Waals surface area (Å²) in [6.45, 7) is 23.6. The van der Waals surface area contributed by atoms with Crippen molar-refractivity contribution in [1.82, 2.24) is 44.9 Å². The van der Waals surface area contributed by atoms with Crippen LogP contribution < -0.4 is 30.2 Å². The Kier molecular flexibility index (Phi) is 31.6. The topological polar surface area (TPSA) is 216 Å². The summed E-state index contributed by atoms with van der Waals surface area (Å²) in [6, 6.07) is 21.6. The summed E-state index contributed by atoms with van der Waals surface area (Å²) in [5, 5.41) is 19.4. The summed E-state index contributed by atoms with van der Waals surface area (Å²) in [7, 11) is 7.63. The largest absolute Gasteiger partial charge is 0.497 e. The van der Waals surface area contributed by atoms with E-state index < -0.39 is 6.04 Å². The first-order valence-corrected chi connectivity index (χ1v) is 30.4. The van der Waals surface area contributed by atoms with Crippen LogP contribution in [0.15, 0.2) is 121 Å². The minimum Gasteiger partial charge on any atom is -0.497 e. The molecule has 1 fully saturated rings. The Bertz CT molecular complexity index is 2800. The molecule has 1 aliphatic heterocycles. The first-order chi connectivity index (χ1) is 41.7. The Hall–Kier alpha value is -7.47. The van der Waals surface area contributed by atoms with Crippen LogP contribution in [-0.2, 0) is 59.2 Å². The number of benzene rings is 3. The van der Waals surface area contributed by atoms with Gasteiger partial charge in [0.2, 0.25) is 24.1 Å². The van der Waals surface area contributed by atoms with Crippen molar-refractivity contribution in [1.29, 1.82) is 0 Å². The molecule has 3 N–H and O–H groups in total. The number of amides is 4. The van der Waals surface area contributed by atoms with E-state index in [1.807, 2.05) is 106 Å². The number of ether oxygens (including phenoxy) is 6. The molecule has 2 aromatic heterocycles. The normalized spacial score (nSPS) is 13.3. The lowest BCUT2D eigenvalue weighted by atomic mass is 9.99. The summed E-state index contributed by atoms with van der Waals surface area (Å²) in [6.07, 6.45) is 11.4. The second-order valence-electron chi connectivity index (χ2n) is 20.9. The third kappa shape index (κ3) is 25.2. The van der Waals surface area contributed by atoms with Crippen LogP contribution in [0.1, 0.15) is 68.6 Å². The van der Waals surface area contributed by atoms with Crippen molar-refractivity contribution in [3.63, 3.8) is 0 Å². The zero-order chi connectivity index (χ0) is 61.9. The maximum Gasteiger partial charge on any atom is 0.247 e. The fourth-order valence-electron chi connectivity index (χ4n) is 9.08. The number of likely N-dealkylation sites (N-methyl/N-ethyl adjacent to an activating group) is 2. The number of carbonyl (C=O) groups excluding carboxylic acids is 4. The van der Waals surface area contributed by atoms with Crippen LogP contribution in [0, 0.1) is 0 Å². The van der Waals surface area contributed by atoms with Gasteiger partial charge in [0.1, 0.15) is 29.9 Å². The van der Waals surface area contributed by atoms with E-state index >= 15 is 0 Å². The van der Waals surface area contributed by atoms with Gasteiger partial charge in [-0.25, -0.2) is 9.67 Å². The van der Waals surface area contributed by atoms with Gasteiger partial charge in [0.15, 0.2) is 5.13 Å². The van der Waals surface area contributed by atoms with Gasteiger partial charge in [0.05, 0.1) is 83.8 Å². The number of methoxy groups -OCH3 is 1. The van der Waals surface area contributed by atoms with E-state index in [0.29, 0.717) is 107 Å². The number of nitrogens with one attached hydrogen (secondary N) is 3. The standard InChI is InChI=1S/C53H75N7O8.C11H16N4O2S/c1-9-13-44(10-2)42(5)55-53(62)52(45-17-23-48(63-8)24-18-45)60(41(3)4)51(61)27-16-43-14-21-49(22-15-43)67-32-12-11-29-58(7)30-34-65-37-36-64-33-28-47-40-59(57-56-47)31-35-66-38-39-68-50-25-19-46(54-6)20-26-50;1-14-2-4-15(5-3-14)10(17)6-9-7-18-11(13-9)12-8-16/h9-10,13-15,17-26,40-42,52,54H,1-2,11-12,16,27-39H2,3-8H3,(H,55,62);7-8H,2-6H2,1H3,(H,12,13,16)/b44-13+;. The van der Waals surface area contributed by atoms with Crippen molar-refractivity contribution in [2.45, 2.75) is 84.0 Å². The van der Waals surface area contributed by atoms with Crippen LogP contribution in [-0.4, -0.2) is 196 Å². The zero-order valence-electron chi connectivity index (χ0n) is 51.5. The van der Waals surface area contributed by atoms with E-state index in [2.05, 4.69) is 68.3 Å². The monoisotopic (exact) mass is 1210 g/mol. The summed E-state index contributed by atoms with van der Waals surface area (Å²) in [4.78, 5) is 62.4. The van der Waals surface area contributed by atoms with Crippen LogP contribution in [0.4, 0.5) is 10.8 Å². The lowest BCUT2D eigenvalue weighted by molar-refractivity contribution is -0.143. The van der Waals surface area contributed by atoms with Crippen LogP contribution >= 0.6 is 11.3 Å². The molecule has 22 heteroatoms. The zero-order valence-corrected chi connectivity index (χ0v) is 52.3. The Morgan fingerprint density at radius 3 is 2.10 bits per heavy atom. The van der Waals surface area contributed by atoms with Crippen LogP contribution in [0.2, 0.25) is 0 Å². The molecule has 1 saturated heterocycles. The van der Waals surface area contributed by atoms with Crippen molar-refractivity contribution >= 4 is 46.3 Å². The molecule has 468 valence electrons. The Balaban J connectivity index is 0.000000634. The molecule has 0 radical (unpaired) electrons. The summed E-state index contributed by atoms with van der Waals surface area (Å²) >= 11 is 1.33. The van der Waals surface area contributed by atoms with Crippen molar-refractivity contribution in [2.75, 3.05) is 131 Å². The van der Waals surface area contributed by atoms with Gasteiger partial charge in [-0.2, -0.15) is 0 Å². The second-order valence-corrected chi connectivity index (χ2v) is 21.7. The summed E-state index contributed by atoms with van der Waals surface area (Å²) < 4.78 is 36.1. The van der Waals surface area contributed by atoms with Crippen molar-refractivity contribution in [3.05, 3.63) is 144 Å². The number of rotatable bonds is 39. The van der Waals surface area contributed by atoms with Gasteiger partial charge in [0.25, 0.3) is 0 Å². The number of allylic oxidation sites excluding steroid dienone is 2. The lowest BCUT2D eigenvalue weighted by Gasteiger charge is -2.35. The van der Waals surface area contributed by atoms with Gasteiger partial charge < -0.3 is 64.0 Å². The number of hydrogen-bond acceptors (Lipinski definition) is 17. The molecular formula is C64H91N11O10S. The molecule has 0 bridgehead atoms. The number of nitrogens with zero attached hydrogens (tertiary/aromatic N) is 8. The molecule has 0 saturated carbocycles. The molecule has 3 heterocycles. The molecule has 2 atom stereocenters. The van der Waals surface area contributed by atoms with Gasteiger partial charge in [-0.3, -0.25) is 19.2 Å². The summed E-state index contributed by atoms with van der Waals surface area (Å²) in [5.74, 6) is 1.98. The van der Waals surface area contributed by atoms with Gasteiger partial charge in [-0.1, -0.05) is 60.9 Å². The van der Waals surface area contributed by atoms with E-state index in [-0.39, 0.29) is 36.2 Å². The van der Waals surface area contributed by atoms with Gasteiger partial charge in [-0.05, 0) is 126 Å². The first-order valence-electron chi connectivity index (χ1n) is 29.5. The highest BCUT2D eigenvalue weighted by molar-refractivity contribution is 7.13. The highest BCUT2D eigenvalue weighted by Crippen LogP contribution is 2.28. The number of carbonyl (C=O) groups is 4. The number of unbranched alkanes of at least 4 members (excludes halogenated alkanes) is 1. The summed E-state index contributed by atoms with van der Waals surface area (Å²) in [5.41, 5.74) is 5.17. The molecule has 3 aromatic carbocycles. The molecule has 1 aliphatic rings. The number of thiazole rings is 1. The molecule has 86 heavy (non-hydrogen) atoms. The first kappa shape index (κ1) is 69.3. The number of piperazine rings is 1. The SMILES string of the molecule is C=C/C=C(\C=C)C(C)NC(=O)C(c1ccc(OC)cc1)N(C(=O)CCc1ccc(OCCCCN(C)CCOCCOCCc2cn(CCOCCOc3ccc(NC)cc3)nn2)cc1)C(C)C.CN1CCN(C(=O)Cc2csc(NC=O)n2)CC1. The van der Waals surface area contributed by atoms with Crippen LogP contribution in [0.25, 0.3) is 0 Å². The van der Waals surface area contributed by atoms with Crippen molar-refractivity contribution in [2.24, 2.45) is 0 Å². The average molecular weight is 1210 g/mol. The second kappa shape index (κ2) is 39.3. The predicted octanol–water partition coefficient (Wildman–Crippen LogP) is 7.53. The number of aryl methyl sites for hydroxylation is 1. The highest BCUT2D eigenvalue weighted by atomic mass is 32.1. The Labute approximate surface area is 512 Å². The maximum atomic E-state index is 14.0. The number of hydrogen-bond donors (Lipinski definition) is 3. The van der Waals surface area contributed by atoms with Crippen LogP contribution in [0.5, 0.6) is 17.2 Å². The number of aromatic nitrogens is 4. The maximum absolute atomic E-state index is 14.0. The Morgan fingerprint density at radius 2 is 1.44 bits per heavy atom. The Morgan fingerprint density at radius 1 is 0.779 bits per heavy atom. The molecule has 0 aliphatic carbocycles. The van der Waals surface area contributed by atoms with Crippen molar-refractivity contribution < 1.29 is 47.6 Å². The smallest absolute Gasteiger partial charge is 0.247 e. The molecular weight excluding hydrogens is 1110 g/mol. The van der Waals surface area contributed by atoms with E-state index in [0.717, 1.165) is 86.1 Å². The molecule has 5 aromatic rings. The molecule has 21 nitrogen and oxygen atoms in total. The van der Waals surface area contributed by atoms with E-state index in [1.165, 1.54) is 11.3 Å². The highest BCUT2D eigenvalue weighted by Gasteiger charge is 2.34. The number of anilines is 2. The molecule has 6 rings (SSSR count). The fraction of sp³-hybridized carbons (Fsp3) is 0.484. The van der Waals surface area contributed by atoms with Crippen molar-refractivity contribution in [3.8, 4) is 17.2 Å². The molecule has 2 unspecified atom stereocenters. The third-order valence-corrected chi connectivity index (χ3v) is 14.9. The van der Waals surface area contributed by atoms with E-state index in [9.17, 15) is 19.2 Å².